The number of aromatic amines is 1. The zero-order valence-corrected chi connectivity index (χ0v) is 7.98. The molecule has 0 bridgehead atoms. The summed E-state index contributed by atoms with van der Waals surface area (Å²) in [6.45, 7) is 7.47. The summed E-state index contributed by atoms with van der Waals surface area (Å²) in [4.78, 5) is 7.60. The Morgan fingerprint density at radius 1 is 1.42 bits per heavy atom. The number of hydrogen-bond donors (Lipinski definition) is 1. The molecule has 3 nitrogen and oxygen atoms in total. The molecule has 0 aromatic carbocycles. The number of nitrogens with one attached hydrogen (secondary N) is 1. The van der Waals surface area contributed by atoms with Gasteiger partial charge >= 0.3 is 0 Å². The minimum absolute atomic E-state index is 0.624. The van der Waals surface area contributed by atoms with Crippen LogP contribution in [0, 0.1) is 6.92 Å². The van der Waals surface area contributed by atoms with Crippen molar-refractivity contribution < 1.29 is 4.74 Å². The van der Waals surface area contributed by atoms with Gasteiger partial charge in [-0.1, -0.05) is 6.92 Å². The second-order valence-electron chi connectivity index (χ2n) is 2.75. The molecule has 0 saturated carbocycles. The van der Waals surface area contributed by atoms with Gasteiger partial charge in [-0.2, -0.15) is 0 Å². The molecule has 1 aromatic heterocycles. The molecule has 0 unspecified atom stereocenters. The van der Waals surface area contributed by atoms with Crippen LogP contribution >= 0.6 is 0 Å². The van der Waals surface area contributed by atoms with Crippen LogP contribution in [0.2, 0.25) is 0 Å². The molecule has 0 spiro atoms. The van der Waals surface area contributed by atoms with E-state index in [9.17, 15) is 0 Å². The molecule has 1 aromatic rings. The second-order valence-corrected chi connectivity index (χ2v) is 2.75. The van der Waals surface area contributed by atoms with Crippen LogP contribution in [-0.4, -0.2) is 16.6 Å². The Morgan fingerprint density at radius 3 is 2.67 bits per heavy atom. The van der Waals surface area contributed by atoms with Crippen LogP contribution < -0.4 is 0 Å². The minimum atomic E-state index is 0.624. The molecule has 68 valence electrons. The van der Waals surface area contributed by atoms with Crippen LogP contribution in [0.3, 0.4) is 0 Å². The molecule has 0 fully saturated rings. The third-order valence-electron chi connectivity index (χ3n) is 1.81. The second kappa shape index (κ2) is 4.26. The minimum Gasteiger partial charge on any atom is -0.375 e. The molecule has 0 saturated heterocycles. The zero-order chi connectivity index (χ0) is 8.97. The van der Waals surface area contributed by atoms with Crippen LogP contribution in [0.15, 0.2) is 0 Å². The van der Waals surface area contributed by atoms with E-state index in [1.807, 2.05) is 13.8 Å². The van der Waals surface area contributed by atoms with Crippen molar-refractivity contribution in [2.45, 2.75) is 33.8 Å². The van der Waals surface area contributed by atoms with E-state index in [1.165, 1.54) is 0 Å². The molecule has 1 N–H and O–H groups in total. The maximum Gasteiger partial charge on any atom is 0.106 e. The normalized spacial score (nSPS) is 10.6. The Balaban J connectivity index is 2.64. The molecule has 0 aliphatic rings. The molecule has 1 rings (SSSR count). The van der Waals surface area contributed by atoms with E-state index in [0.717, 1.165) is 30.2 Å². The average Bonchev–Trinajstić information content (AvgIpc) is 2.43. The number of aromatic nitrogens is 2. The lowest BCUT2D eigenvalue weighted by Crippen LogP contribution is -1.94. The third kappa shape index (κ3) is 2.08. The summed E-state index contributed by atoms with van der Waals surface area (Å²) in [7, 11) is 0. The first-order chi connectivity index (χ1) is 5.77. The molecule has 0 atom stereocenters. The topological polar surface area (TPSA) is 37.9 Å². The fourth-order valence-electron chi connectivity index (χ4n) is 1.07. The highest BCUT2D eigenvalue weighted by atomic mass is 16.5. The van der Waals surface area contributed by atoms with Crippen molar-refractivity contribution in [3.8, 4) is 0 Å². The van der Waals surface area contributed by atoms with Crippen LogP contribution in [-0.2, 0) is 17.8 Å². The van der Waals surface area contributed by atoms with Crippen LogP contribution in [0.4, 0.5) is 0 Å². The van der Waals surface area contributed by atoms with Gasteiger partial charge in [0.15, 0.2) is 0 Å². The van der Waals surface area contributed by atoms with E-state index in [0.29, 0.717) is 6.61 Å². The molecule has 1 heterocycles. The summed E-state index contributed by atoms with van der Waals surface area (Å²) in [5.41, 5.74) is 2.16. The Labute approximate surface area is 73.2 Å². The number of rotatable bonds is 4. The van der Waals surface area contributed by atoms with Gasteiger partial charge in [0.1, 0.15) is 5.82 Å². The van der Waals surface area contributed by atoms with Gasteiger partial charge in [-0.25, -0.2) is 4.98 Å². The van der Waals surface area contributed by atoms with Gasteiger partial charge in [0.2, 0.25) is 0 Å². The van der Waals surface area contributed by atoms with E-state index in [4.69, 9.17) is 4.74 Å². The van der Waals surface area contributed by atoms with Gasteiger partial charge in [0.25, 0.3) is 0 Å². The number of ether oxygens (including phenoxy) is 1. The van der Waals surface area contributed by atoms with E-state index in [1.54, 1.807) is 0 Å². The summed E-state index contributed by atoms with van der Waals surface area (Å²) < 4.78 is 5.28. The Hall–Kier alpha value is -0.830. The molecule has 0 aliphatic carbocycles. The highest BCUT2D eigenvalue weighted by Gasteiger charge is 2.03. The fraction of sp³-hybridized carbons (Fsp3) is 0.667. The van der Waals surface area contributed by atoms with Gasteiger partial charge in [-0.05, 0) is 13.8 Å². The SMILES string of the molecule is CCOCc1nc(CC)[nH]c1C. The average molecular weight is 168 g/mol. The third-order valence-corrected chi connectivity index (χ3v) is 1.81. The molecule has 3 heteroatoms. The number of H-pyrrole nitrogens is 1. The van der Waals surface area contributed by atoms with Crippen molar-refractivity contribution in [3.63, 3.8) is 0 Å². The summed E-state index contributed by atoms with van der Waals surface area (Å²) in [5, 5.41) is 0. The maximum atomic E-state index is 5.28. The van der Waals surface area contributed by atoms with E-state index in [2.05, 4.69) is 16.9 Å². The molecule has 0 radical (unpaired) electrons. The summed E-state index contributed by atoms with van der Waals surface area (Å²) in [6, 6.07) is 0. The molecule has 0 amide bonds. The van der Waals surface area contributed by atoms with Crippen molar-refractivity contribution in [3.05, 3.63) is 17.2 Å². The van der Waals surface area contributed by atoms with Crippen molar-refractivity contribution in [1.29, 1.82) is 0 Å². The van der Waals surface area contributed by atoms with Crippen molar-refractivity contribution in [2.24, 2.45) is 0 Å². The summed E-state index contributed by atoms with van der Waals surface area (Å²) in [5.74, 6) is 1.04. The lowest BCUT2D eigenvalue weighted by Gasteiger charge is -1.96. The summed E-state index contributed by atoms with van der Waals surface area (Å²) >= 11 is 0. The van der Waals surface area contributed by atoms with Crippen LogP contribution in [0.1, 0.15) is 31.1 Å². The van der Waals surface area contributed by atoms with Gasteiger partial charge in [0, 0.05) is 18.7 Å². The van der Waals surface area contributed by atoms with E-state index in [-0.39, 0.29) is 0 Å². The number of imidazole rings is 1. The number of aryl methyl sites for hydroxylation is 2. The van der Waals surface area contributed by atoms with Crippen molar-refractivity contribution >= 4 is 0 Å². The first-order valence-corrected chi connectivity index (χ1v) is 4.40. The van der Waals surface area contributed by atoms with Crippen molar-refractivity contribution in [2.75, 3.05) is 6.61 Å². The van der Waals surface area contributed by atoms with Gasteiger partial charge < -0.3 is 9.72 Å². The highest BCUT2D eigenvalue weighted by molar-refractivity contribution is 5.11. The van der Waals surface area contributed by atoms with E-state index < -0.39 is 0 Å². The van der Waals surface area contributed by atoms with Gasteiger partial charge in [0.05, 0.1) is 12.3 Å². The highest BCUT2D eigenvalue weighted by Crippen LogP contribution is 2.06. The van der Waals surface area contributed by atoms with Gasteiger partial charge in [-0.15, -0.1) is 0 Å². The quantitative estimate of drug-likeness (QED) is 0.744. The molecule has 12 heavy (non-hydrogen) atoms. The predicted molar refractivity (Wildman–Crippen MR) is 48.0 cm³/mol. The van der Waals surface area contributed by atoms with Crippen LogP contribution in [0.25, 0.3) is 0 Å². The van der Waals surface area contributed by atoms with Gasteiger partial charge in [-0.3, -0.25) is 0 Å². The lowest BCUT2D eigenvalue weighted by molar-refractivity contribution is 0.131. The fourth-order valence-corrected chi connectivity index (χ4v) is 1.07. The molecule has 0 aliphatic heterocycles. The molecular formula is C9H16N2O. The zero-order valence-electron chi connectivity index (χ0n) is 7.98. The van der Waals surface area contributed by atoms with Crippen LogP contribution in [0.5, 0.6) is 0 Å². The predicted octanol–water partition coefficient (Wildman–Crippen LogP) is 1.82. The largest absolute Gasteiger partial charge is 0.375 e. The Kier molecular flexibility index (Phi) is 3.29. The smallest absolute Gasteiger partial charge is 0.106 e. The first-order valence-electron chi connectivity index (χ1n) is 4.40. The summed E-state index contributed by atoms with van der Waals surface area (Å²) in [6.07, 6.45) is 0.951. The van der Waals surface area contributed by atoms with E-state index >= 15 is 0 Å². The maximum absolute atomic E-state index is 5.28. The number of nitrogens with zero attached hydrogens (tertiary/aromatic N) is 1. The number of hydrogen-bond acceptors (Lipinski definition) is 2. The Bertz CT molecular complexity index is 243. The first kappa shape index (κ1) is 9.26. The van der Waals surface area contributed by atoms with Crippen molar-refractivity contribution in [1.82, 2.24) is 9.97 Å². The molecular weight excluding hydrogens is 152 g/mol. The standard InChI is InChI=1S/C9H16N2O/c1-4-9-10-7(3)8(11-9)6-12-5-2/h4-6H2,1-3H3,(H,10,11). The Morgan fingerprint density at radius 2 is 2.17 bits per heavy atom. The monoisotopic (exact) mass is 168 g/mol. The lowest BCUT2D eigenvalue weighted by atomic mass is 10.4.